The number of aryl methyl sites for hydroxylation is 1. The molecule has 0 spiro atoms. The van der Waals surface area contributed by atoms with Crippen molar-refractivity contribution < 1.29 is 9.53 Å². The maximum atomic E-state index is 12.8. The average molecular weight is 472 g/mol. The van der Waals surface area contributed by atoms with E-state index in [9.17, 15) is 4.79 Å². The molecule has 0 unspecified atom stereocenters. The van der Waals surface area contributed by atoms with E-state index in [2.05, 4.69) is 32.1 Å². The SMILES string of the molecule is CO[C@H](C(=O)Nc1ccc(-c2nccn3cc(-c4cnn(C)c4)cc23)cc1)c1ccc(Cl)cc1. The topological polar surface area (TPSA) is 73.4 Å². The number of hydrogen-bond acceptors (Lipinski definition) is 4. The predicted molar refractivity (Wildman–Crippen MR) is 133 cm³/mol. The maximum Gasteiger partial charge on any atom is 0.258 e. The van der Waals surface area contributed by atoms with Crippen molar-refractivity contribution in [3.63, 3.8) is 0 Å². The van der Waals surface area contributed by atoms with E-state index in [1.807, 2.05) is 49.9 Å². The van der Waals surface area contributed by atoms with Gasteiger partial charge in [0.2, 0.25) is 0 Å². The molecule has 0 saturated carbocycles. The van der Waals surface area contributed by atoms with Crippen LogP contribution in [0.4, 0.5) is 5.69 Å². The average Bonchev–Trinajstić information content (AvgIpc) is 3.47. The third kappa shape index (κ3) is 4.31. The largest absolute Gasteiger partial charge is 0.367 e. The highest BCUT2D eigenvalue weighted by Gasteiger charge is 2.20. The van der Waals surface area contributed by atoms with Crippen molar-refractivity contribution in [3.05, 3.63) is 96.2 Å². The highest BCUT2D eigenvalue weighted by molar-refractivity contribution is 6.30. The Bertz CT molecular complexity index is 1460. The maximum absolute atomic E-state index is 12.8. The number of carbonyl (C=O) groups excluding carboxylic acids is 1. The van der Waals surface area contributed by atoms with Gasteiger partial charge in [0, 0.05) is 66.3 Å². The lowest BCUT2D eigenvalue weighted by Gasteiger charge is -2.16. The molecule has 0 radical (unpaired) electrons. The molecule has 7 nitrogen and oxygen atoms in total. The van der Waals surface area contributed by atoms with Crippen LogP contribution >= 0.6 is 11.6 Å². The number of rotatable bonds is 6. The Kier molecular flexibility index (Phi) is 5.88. The fourth-order valence-corrected chi connectivity index (χ4v) is 4.07. The summed E-state index contributed by atoms with van der Waals surface area (Å²) in [5.74, 6) is -0.259. The quantitative estimate of drug-likeness (QED) is 0.361. The predicted octanol–water partition coefficient (Wildman–Crippen LogP) is 5.38. The summed E-state index contributed by atoms with van der Waals surface area (Å²) in [6.07, 6.45) is 8.86. The Morgan fingerprint density at radius 2 is 1.79 bits per heavy atom. The zero-order chi connectivity index (χ0) is 23.7. The van der Waals surface area contributed by atoms with Gasteiger partial charge in [-0.3, -0.25) is 14.5 Å². The zero-order valence-electron chi connectivity index (χ0n) is 18.6. The molecule has 0 aliphatic rings. The van der Waals surface area contributed by atoms with Gasteiger partial charge in [-0.15, -0.1) is 0 Å². The van der Waals surface area contributed by atoms with Gasteiger partial charge in [0.25, 0.3) is 5.91 Å². The van der Waals surface area contributed by atoms with Crippen LogP contribution in [0.3, 0.4) is 0 Å². The molecule has 170 valence electrons. The number of nitrogens with zero attached hydrogens (tertiary/aromatic N) is 4. The lowest BCUT2D eigenvalue weighted by atomic mass is 10.1. The third-order valence-electron chi connectivity index (χ3n) is 5.63. The second-order valence-corrected chi connectivity index (χ2v) is 8.37. The molecule has 0 aliphatic heterocycles. The highest BCUT2D eigenvalue weighted by Crippen LogP contribution is 2.29. The van der Waals surface area contributed by atoms with Crippen molar-refractivity contribution in [1.82, 2.24) is 19.2 Å². The van der Waals surface area contributed by atoms with Crippen molar-refractivity contribution in [2.24, 2.45) is 7.05 Å². The summed E-state index contributed by atoms with van der Waals surface area (Å²) in [5.41, 5.74) is 6.30. The lowest BCUT2D eigenvalue weighted by molar-refractivity contribution is -0.126. The van der Waals surface area contributed by atoms with Crippen LogP contribution in [0.15, 0.2) is 85.6 Å². The Morgan fingerprint density at radius 1 is 1.03 bits per heavy atom. The first-order valence-electron chi connectivity index (χ1n) is 10.7. The third-order valence-corrected chi connectivity index (χ3v) is 5.88. The van der Waals surface area contributed by atoms with Crippen molar-refractivity contribution in [3.8, 4) is 22.4 Å². The number of nitrogens with one attached hydrogen (secondary N) is 1. The standard InChI is InChI=1S/C26H22ClN5O2/c1-31-15-20(14-29-31)19-13-23-24(28-11-12-32(23)16-19)17-5-9-22(10-6-17)30-26(33)25(34-2)18-3-7-21(27)8-4-18/h3-16,25H,1-2H3,(H,30,33)/t25-/m0/s1. The van der Waals surface area contributed by atoms with Crippen LogP contribution < -0.4 is 5.32 Å². The molecule has 8 heteroatoms. The van der Waals surface area contributed by atoms with E-state index < -0.39 is 6.10 Å². The normalized spacial score (nSPS) is 12.1. The monoisotopic (exact) mass is 471 g/mol. The molecule has 34 heavy (non-hydrogen) atoms. The molecule has 2 aromatic carbocycles. The van der Waals surface area contributed by atoms with Crippen LogP contribution in [0.1, 0.15) is 11.7 Å². The van der Waals surface area contributed by atoms with Crippen LogP contribution in [0.25, 0.3) is 27.9 Å². The molecule has 1 amide bonds. The van der Waals surface area contributed by atoms with Crippen LogP contribution in [-0.4, -0.2) is 32.2 Å². The Morgan fingerprint density at radius 3 is 2.47 bits per heavy atom. The summed E-state index contributed by atoms with van der Waals surface area (Å²) in [6.45, 7) is 0. The van der Waals surface area contributed by atoms with Gasteiger partial charge < -0.3 is 14.5 Å². The van der Waals surface area contributed by atoms with Gasteiger partial charge in [0.15, 0.2) is 6.10 Å². The van der Waals surface area contributed by atoms with Gasteiger partial charge in [-0.1, -0.05) is 35.9 Å². The van der Waals surface area contributed by atoms with Gasteiger partial charge >= 0.3 is 0 Å². The van der Waals surface area contributed by atoms with E-state index in [4.69, 9.17) is 16.3 Å². The van der Waals surface area contributed by atoms with Crippen molar-refractivity contribution in [1.29, 1.82) is 0 Å². The van der Waals surface area contributed by atoms with Gasteiger partial charge in [0.1, 0.15) is 0 Å². The minimum atomic E-state index is -0.737. The number of benzene rings is 2. The zero-order valence-corrected chi connectivity index (χ0v) is 19.4. The van der Waals surface area contributed by atoms with Crippen molar-refractivity contribution >= 4 is 28.7 Å². The molecule has 1 atom stereocenters. The molecular formula is C26H22ClN5O2. The smallest absolute Gasteiger partial charge is 0.258 e. The number of carbonyl (C=O) groups is 1. The summed E-state index contributed by atoms with van der Waals surface area (Å²) in [5, 5.41) is 7.78. The molecule has 3 heterocycles. The van der Waals surface area contributed by atoms with Crippen LogP contribution in [-0.2, 0) is 16.6 Å². The summed E-state index contributed by atoms with van der Waals surface area (Å²) < 4.78 is 9.25. The molecule has 3 aromatic heterocycles. The molecule has 5 rings (SSSR count). The van der Waals surface area contributed by atoms with Gasteiger partial charge in [0.05, 0.1) is 17.4 Å². The van der Waals surface area contributed by atoms with Gasteiger partial charge in [-0.25, -0.2) is 0 Å². The minimum absolute atomic E-state index is 0.259. The van der Waals surface area contributed by atoms with Gasteiger partial charge in [-0.2, -0.15) is 5.10 Å². The number of aromatic nitrogens is 4. The Balaban J connectivity index is 1.38. The van der Waals surface area contributed by atoms with Crippen LogP contribution in [0, 0.1) is 0 Å². The van der Waals surface area contributed by atoms with Crippen molar-refractivity contribution in [2.45, 2.75) is 6.10 Å². The molecule has 0 bridgehead atoms. The molecule has 0 aliphatic carbocycles. The van der Waals surface area contributed by atoms with Crippen LogP contribution in [0.5, 0.6) is 0 Å². The fraction of sp³-hybridized carbons (Fsp3) is 0.115. The first kappa shape index (κ1) is 21.9. The van der Waals surface area contributed by atoms with E-state index in [1.54, 1.807) is 35.1 Å². The number of ether oxygens (including phenoxy) is 1. The first-order chi connectivity index (χ1) is 16.5. The first-order valence-corrected chi connectivity index (χ1v) is 11.0. The second-order valence-electron chi connectivity index (χ2n) is 7.93. The van der Waals surface area contributed by atoms with Crippen molar-refractivity contribution in [2.75, 3.05) is 12.4 Å². The number of fused-ring (bicyclic) bond motifs is 1. The van der Waals surface area contributed by atoms with E-state index in [-0.39, 0.29) is 5.91 Å². The van der Waals surface area contributed by atoms with E-state index >= 15 is 0 Å². The summed E-state index contributed by atoms with van der Waals surface area (Å²) in [4.78, 5) is 17.4. The number of amides is 1. The number of anilines is 1. The van der Waals surface area contributed by atoms with Crippen LogP contribution in [0.2, 0.25) is 5.02 Å². The van der Waals surface area contributed by atoms with E-state index in [0.717, 1.165) is 33.5 Å². The molecular weight excluding hydrogens is 450 g/mol. The molecule has 1 N–H and O–H groups in total. The lowest BCUT2D eigenvalue weighted by Crippen LogP contribution is -2.22. The number of methoxy groups -OCH3 is 1. The minimum Gasteiger partial charge on any atom is -0.367 e. The van der Waals surface area contributed by atoms with Gasteiger partial charge in [-0.05, 0) is 35.9 Å². The second kappa shape index (κ2) is 9.13. The summed E-state index contributed by atoms with van der Waals surface area (Å²) in [7, 11) is 3.41. The summed E-state index contributed by atoms with van der Waals surface area (Å²) >= 11 is 5.95. The van der Waals surface area contributed by atoms with E-state index in [1.165, 1.54) is 7.11 Å². The van der Waals surface area contributed by atoms with E-state index in [0.29, 0.717) is 10.7 Å². The fourth-order valence-electron chi connectivity index (χ4n) is 3.94. The number of hydrogen-bond donors (Lipinski definition) is 1. The number of halogens is 1. The summed E-state index contributed by atoms with van der Waals surface area (Å²) in [6, 6.07) is 16.7. The Hall–Kier alpha value is -3.94. The Labute approximate surface area is 201 Å². The molecule has 0 fully saturated rings. The molecule has 5 aromatic rings. The highest BCUT2D eigenvalue weighted by atomic mass is 35.5. The molecule has 0 saturated heterocycles.